The average molecular weight is 537 g/mol. The third kappa shape index (κ3) is 6.00. The number of aromatic nitrogens is 2. The number of carbonyl (C=O) groups excluding carboxylic acids is 1. The van der Waals surface area contributed by atoms with Gasteiger partial charge in [-0.2, -0.15) is 18.2 Å². The maximum atomic E-state index is 13.9. The number of nitrogens with zero attached hydrogens (tertiary/aromatic N) is 4. The number of anilines is 1. The maximum Gasteiger partial charge on any atom is 0.416 e. The molecule has 0 atom stereocenters. The molecule has 0 saturated carbocycles. The van der Waals surface area contributed by atoms with Crippen molar-refractivity contribution in [1.82, 2.24) is 14.9 Å². The first kappa shape index (κ1) is 26.1. The minimum atomic E-state index is -4.49. The minimum Gasteiger partial charge on any atom is -0.438 e. The molecular formula is C29H24F4N4O2. The molecule has 5 rings (SSSR count). The second kappa shape index (κ2) is 10.7. The van der Waals surface area contributed by atoms with E-state index in [-0.39, 0.29) is 23.7 Å². The van der Waals surface area contributed by atoms with Crippen LogP contribution in [-0.2, 0) is 25.7 Å². The van der Waals surface area contributed by atoms with Crippen LogP contribution in [-0.4, -0.2) is 34.4 Å². The lowest BCUT2D eigenvalue weighted by Crippen LogP contribution is -2.37. The van der Waals surface area contributed by atoms with Gasteiger partial charge in [0.05, 0.1) is 23.4 Å². The quantitative estimate of drug-likeness (QED) is 0.272. The second-order valence-electron chi connectivity index (χ2n) is 9.21. The van der Waals surface area contributed by atoms with Crippen LogP contribution in [0.15, 0.2) is 78.9 Å². The lowest BCUT2D eigenvalue weighted by Gasteiger charge is -2.30. The smallest absolute Gasteiger partial charge is 0.416 e. The van der Waals surface area contributed by atoms with Gasteiger partial charge >= 0.3 is 6.18 Å². The number of hydrogen-bond donors (Lipinski definition) is 0. The third-order valence-electron chi connectivity index (χ3n) is 6.37. The van der Waals surface area contributed by atoms with E-state index in [2.05, 4.69) is 4.98 Å². The van der Waals surface area contributed by atoms with Gasteiger partial charge in [-0.05, 0) is 42.0 Å². The van der Waals surface area contributed by atoms with Gasteiger partial charge in [0, 0.05) is 38.2 Å². The molecule has 1 amide bonds. The first-order valence-corrected chi connectivity index (χ1v) is 12.2. The van der Waals surface area contributed by atoms with E-state index in [9.17, 15) is 22.4 Å². The number of hydrogen-bond acceptors (Lipinski definition) is 5. The standard InChI is InChI=1S/C29H24F4N4O2/c1-36(17-19-6-3-2-4-7-19)28-34-25-14-15-37(27(38)20-10-12-21(13-11-20)29(31,32)33)18-24(25)26(35-28)39-23-9-5-8-22(30)16-23/h2-13,16H,14-15,17-18H2,1H3. The summed E-state index contributed by atoms with van der Waals surface area (Å²) >= 11 is 0. The summed E-state index contributed by atoms with van der Waals surface area (Å²) in [6.07, 6.45) is -4.10. The summed E-state index contributed by atoms with van der Waals surface area (Å²) in [7, 11) is 1.85. The summed E-state index contributed by atoms with van der Waals surface area (Å²) in [4.78, 5) is 25.9. The average Bonchev–Trinajstić information content (AvgIpc) is 2.92. The molecule has 39 heavy (non-hydrogen) atoms. The summed E-state index contributed by atoms with van der Waals surface area (Å²) in [6, 6.07) is 19.6. The summed E-state index contributed by atoms with van der Waals surface area (Å²) in [5, 5.41) is 0. The Hall–Kier alpha value is -4.47. The van der Waals surface area contributed by atoms with Crippen molar-refractivity contribution in [2.75, 3.05) is 18.5 Å². The van der Waals surface area contributed by atoms with Crippen LogP contribution in [0.25, 0.3) is 0 Å². The molecule has 0 saturated heterocycles. The number of carbonyl (C=O) groups is 1. The third-order valence-corrected chi connectivity index (χ3v) is 6.37. The van der Waals surface area contributed by atoms with E-state index in [0.29, 0.717) is 36.7 Å². The highest BCUT2D eigenvalue weighted by molar-refractivity contribution is 5.94. The molecule has 0 N–H and O–H groups in total. The number of alkyl halides is 3. The summed E-state index contributed by atoms with van der Waals surface area (Å²) in [5.74, 6) is -0.0667. The van der Waals surface area contributed by atoms with Gasteiger partial charge in [0.15, 0.2) is 0 Å². The molecule has 0 spiro atoms. The molecule has 0 bridgehead atoms. The van der Waals surface area contributed by atoms with E-state index >= 15 is 0 Å². The molecule has 1 aromatic heterocycles. The predicted molar refractivity (Wildman–Crippen MR) is 137 cm³/mol. The fraction of sp³-hybridized carbons (Fsp3) is 0.207. The number of halogens is 4. The summed E-state index contributed by atoms with van der Waals surface area (Å²) < 4.78 is 58.7. The van der Waals surface area contributed by atoms with Crippen molar-refractivity contribution in [3.63, 3.8) is 0 Å². The molecule has 1 aliphatic rings. The highest BCUT2D eigenvalue weighted by Crippen LogP contribution is 2.33. The Morgan fingerprint density at radius 3 is 2.44 bits per heavy atom. The number of rotatable bonds is 6. The van der Waals surface area contributed by atoms with Crippen LogP contribution in [0, 0.1) is 5.82 Å². The lowest BCUT2D eigenvalue weighted by atomic mass is 10.0. The van der Waals surface area contributed by atoms with E-state index in [1.165, 1.54) is 35.2 Å². The highest BCUT2D eigenvalue weighted by atomic mass is 19.4. The molecule has 0 fully saturated rings. The topological polar surface area (TPSA) is 58.6 Å². The van der Waals surface area contributed by atoms with Crippen molar-refractivity contribution < 1.29 is 27.1 Å². The first-order valence-electron chi connectivity index (χ1n) is 12.2. The lowest BCUT2D eigenvalue weighted by molar-refractivity contribution is -0.137. The number of fused-ring (bicyclic) bond motifs is 1. The van der Waals surface area contributed by atoms with Crippen LogP contribution in [0.3, 0.4) is 0 Å². The molecule has 1 aliphatic heterocycles. The largest absolute Gasteiger partial charge is 0.438 e. The minimum absolute atomic E-state index is 0.0858. The van der Waals surface area contributed by atoms with Crippen molar-refractivity contribution >= 4 is 11.9 Å². The van der Waals surface area contributed by atoms with Gasteiger partial charge in [0.1, 0.15) is 11.6 Å². The predicted octanol–water partition coefficient (Wildman–Crippen LogP) is 6.26. The van der Waals surface area contributed by atoms with Crippen molar-refractivity contribution in [1.29, 1.82) is 0 Å². The second-order valence-corrected chi connectivity index (χ2v) is 9.21. The normalized spacial score (nSPS) is 13.1. The number of amides is 1. The number of benzene rings is 3. The Bertz CT molecular complexity index is 1480. The van der Waals surface area contributed by atoms with E-state index in [1.54, 1.807) is 6.07 Å². The van der Waals surface area contributed by atoms with Crippen LogP contribution in [0.4, 0.5) is 23.5 Å². The van der Waals surface area contributed by atoms with E-state index < -0.39 is 23.5 Å². The van der Waals surface area contributed by atoms with Crippen LogP contribution in [0.5, 0.6) is 11.6 Å². The van der Waals surface area contributed by atoms with Crippen LogP contribution < -0.4 is 9.64 Å². The van der Waals surface area contributed by atoms with E-state index in [1.807, 2.05) is 42.3 Å². The highest BCUT2D eigenvalue weighted by Gasteiger charge is 2.31. The van der Waals surface area contributed by atoms with Gasteiger partial charge < -0.3 is 14.5 Å². The zero-order valence-electron chi connectivity index (χ0n) is 21.0. The molecule has 3 aromatic carbocycles. The monoisotopic (exact) mass is 536 g/mol. The maximum absolute atomic E-state index is 13.9. The molecule has 0 unspecified atom stereocenters. The van der Waals surface area contributed by atoms with Crippen LogP contribution in [0.1, 0.15) is 32.7 Å². The van der Waals surface area contributed by atoms with Crippen LogP contribution >= 0.6 is 0 Å². The SMILES string of the molecule is CN(Cc1ccccc1)c1nc2c(c(Oc3cccc(F)c3)n1)CN(C(=O)c1ccc(C(F)(F)F)cc1)CC2. The van der Waals surface area contributed by atoms with Gasteiger partial charge in [-0.1, -0.05) is 36.4 Å². The van der Waals surface area contributed by atoms with Crippen molar-refractivity contribution in [2.24, 2.45) is 0 Å². The molecule has 0 aliphatic carbocycles. The van der Waals surface area contributed by atoms with E-state index in [4.69, 9.17) is 9.72 Å². The van der Waals surface area contributed by atoms with Gasteiger partial charge in [-0.3, -0.25) is 4.79 Å². The Morgan fingerprint density at radius 1 is 1.00 bits per heavy atom. The summed E-state index contributed by atoms with van der Waals surface area (Å²) in [5.41, 5.74) is 1.61. The fourth-order valence-corrected chi connectivity index (χ4v) is 4.35. The molecule has 4 aromatic rings. The first-order chi connectivity index (χ1) is 18.7. The molecule has 2 heterocycles. The molecule has 0 radical (unpaired) electrons. The van der Waals surface area contributed by atoms with Crippen molar-refractivity contribution in [3.05, 3.63) is 113 Å². The van der Waals surface area contributed by atoms with Gasteiger partial charge in [0.2, 0.25) is 11.8 Å². The molecule has 10 heteroatoms. The van der Waals surface area contributed by atoms with Gasteiger partial charge in [0.25, 0.3) is 5.91 Å². The molecular weight excluding hydrogens is 512 g/mol. The molecule has 200 valence electrons. The zero-order valence-corrected chi connectivity index (χ0v) is 21.0. The van der Waals surface area contributed by atoms with Crippen molar-refractivity contribution in [2.45, 2.75) is 25.7 Å². The Labute approximate surface area is 222 Å². The van der Waals surface area contributed by atoms with E-state index in [0.717, 1.165) is 17.7 Å². The van der Waals surface area contributed by atoms with Crippen molar-refractivity contribution in [3.8, 4) is 11.6 Å². The van der Waals surface area contributed by atoms with Crippen LogP contribution in [0.2, 0.25) is 0 Å². The fourth-order valence-electron chi connectivity index (χ4n) is 4.35. The Kier molecular flexibility index (Phi) is 7.19. The zero-order chi connectivity index (χ0) is 27.6. The number of ether oxygens (including phenoxy) is 1. The summed E-state index contributed by atoms with van der Waals surface area (Å²) in [6.45, 7) is 0.936. The van der Waals surface area contributed by atoms with Gasteiger partial charge in [-0.25, -0.2) is 9.37 Å². The Morgan fingerprint density at radius 2 is 1.74 bits per heavy atom. The molecule has 6 nitrogen and oxygen atoms in total. The van der Waals surface area contributed by atoms with Gasteiger partial charge in [-0.15, -0.1) is 0 Å². The Balaban J connectivity index is 1.45.